The van der Waals surface area contributed by atoms with Crippen molar-refractivity contribution in [2.75, 3.05) is 23.3 Å². The molecular formula is C32H39N3O2. The second kappa shape index (κ2) is 11.6. The van der Waals surface area contributed by atoms with Crippen LogP contribution in [0.3, 0.4) is 0 Å². The van der Waals surface area contributed by atoms with Gasteiger partial charge in [0, 0.05) is 17.8 Å². The van der Waals surface area contributed by atoms with Crippen molar-refractivity contribution in [1.82, 2.24) is 4.90 Å². The van der Waals surface area contributed by atoms with E-state index < -0.39 is 0 Å². The van der Waals surface area contributed by atoms with Gasteiger partial charge in [0.15, 0.2) is 0 Å². The number of carbonyl (C=O) groups excluding carboxylic acids is 2. The van der Waals surface area contributed by atoms with Crippen LogP contribution >= 0.6 is 0 Å². The molecule has 194 valence electrons. The zero-order valence-electron chi connectivity index (χ0n) is 22.7. The van der Waals surface area contributed by atoms with E-state index >= 15 is 0 Å². The molecule has 1 atom stereocenters. The fourth-order valence-electron chi connectivity index (χ4n) is 5.22. The van der Waals surface area contributed by atoms with Gasteiger partial charge in [0.05, 0.1) is 11.7 Å². The maximum atomic E-state index is 14.0. The number of benzene rings is 3. The van der Waals surface area contributed by atoms with Gasteiger partial charge in [-0.2, -0.15) is 0 Å². The molecule has 4 rings (SSSR count). The number of amides is 3. The summed E-state index contributed by atoms with van der Waals surface area (Å²) in [6, 6.07) is 23.8. The summed E-state index contributed by atoms with van der Waals surface area (Å²) in [6.07, 6.45) is 1.88. The largest absolute Gasteiger partial charge is 0.325 e. The Labute approximate surface area is 221 Å². The Kier molecular flexibility index (Phi) is 8.32. The fraction of sp³-hybridized carbons (Fsp3) is 0.375. The molecule has 37 heavy (non-hydrogen) atoms. The standard InChI is InChI=1S/C32H39N3O2/c1-6-7-20-34-28-19-12-11-16-27(28)31(24-14-9-8-10-15-24)35(32(34)37)21-29(36)33-30-25(22(2)3)17-13-18-26(30)23(4)5/h8-19,22-23,31H,6-7,20-21H2,1-5H3,(H,33,36). The first-order valence-electron chi connectivity index (χ1n) is 13.5. The number of hydrogen-bond acceptors (Lipinski definition) is 2. The minimum absolute atomic E-state index is 0.0285. The molecule has 3 amide bonds. The molecule has 0 spiro atoms. The van der Waals surface area contributed by atoms with E-state index in [1.165, 1.54) is 0 Å². The van der Waals surface area contributed by atoms with E-state index in [1.54, 1.807) is 4.90 Å². The molecule has 0 saturated carbocycles. The summed E-state index contributed by atoms with van der Waals surface area (Å²) in [7, 11) is 0. The van der Waals surface area contributed by atoms with Gasteiger partial charge in [0.25, 0.3) is 0 Å². The molecule has 1 heterocycles. The molecule has 3 aromatic rings. The first-order chi connectivity index (χ1) is 17.8. The lowest BCUT2D eigenvalue weighted by atomic mass is 9.92. The number of fused-ring (bicyclic) bond motifs is 1. The second-order valence-electron chi connectivity index (χ2n) is 10.5. The first-order valence-corrected chi connectivity index (χ1v) is 13.5. The van der Waals surface area contributed by atoms with Crippen LogP contribution in [0.15, 0.2) is 72.8 Å². The molecule has 0 aromatic heterocycles. The summed E-state index contributed by atoms with van der Waals surface area (Å²) in [5.41, 5.74) is 6.07. The van der Waals surface area contributed by atoms with Gasteiger partial charge < -0.3 is 10.2 Å². The number of anilines is 2. The lowest BCUT2D eigenvalue weighted by Gasteiger charge is -2.42. The Hall–Kier alpha value is -3.60. The van der Waals surface area contributed by atoms with Crippen LogP contribution in [0.4, 0.5) is 16.2 Å². The van der Waals surface area contributed by atoms with E-state index in [0.29, 0.717) is 6.54 Å². The summed E-state index contributed by atoms with van der Waals surface area (Å²) >= 11 is 0. The van der Waals surface area contributed by atoms with E-state index in [0.717, 1.165) is 46.5 Å². The molecule has 1 aliphatic heterocycles. The molecule has 5 nitrogen and oxygen atoms in total. The van der Waals surface area contributed by atoms with Crippen molar-refractivity contribution >= 4 is 23.3 Å². The van der Waals surface area contributed by atoms with Gasteiger partial charge >= 0.3 is 6.03 Å². The average Bonchev–Trinajstić information content (AvgIpc) is 2.89. The zero-order chi connectivity index (χ0) is 26.5. The van der Waals surface area contributed by atoms with Crippen LogP contribution in [0.5, 0.6) is 0 Å². The van der Waals surface area contributed by atoms with Crippen molar-refractivity contribution < 1.29 is 9.59 Å². The van der Waals surface area contributed by atoms with Crippen LogP contribution < -0.4 is 10.2 Å². The number of rotatable bonds is 9. The SMILES string of the molecule is CCCCN1C(=O)N(CC(=O)Nc2c(C(C)C)cccc2C(C)C)C(c2ccccc2)c2ccccc21. The van der Waals surface area contributed by atoms with Crippen LogP contribution in [0.2, 0.25) is 0 Å². The number of hydrogen-bond donors (Lipinski definition) is 1. The number of unbranched alkanes of at least 4 members (excludes halogenated alkanes) is 1. The lowest BCUT2D eigenvalue weighted by molar-refractivity contribution is -0.117. The minimum Gasteiger partial charge on any atom is -0.324 e. The summed E-state index contributed by atoms with van der Waals surface area (Å²) in [5.74, 6) is 0.345. The van der Waals surface area contributed by atoms with Gasteiger partial charge in [-0.3, -0.25) is 9.69 Å². The van der Waals surface area contributed by atoms with Gasteiger partial charge in [-0.1, -0.05) is 108 Å². The first kappa shape index (κ1) is 26.5. The molecule has 1 N–H and O–H groups in total. The van der Waals surface area contributed by atoms with Gasteiger partial charge in [-0.05, 0) is 41.0 Å². The minimum atomic E-state index is -0.335. The highest BCUT2D eigenvalue weighted by Crippen LogP contribution is 2.41. The van der Waals surface area contributed by atoms with Crippen LogP contribution in [-0.4, -0.2) is 29.9 Å². The molecule has 0 bridgehead atoms. The normalized spacial score (nSPS) is 15.3. The number of nitrogens with zero attached hydrogens (tertiary/aromatic N) is 2. The number of para-hydroxylation sites is 2. The Morgan fingerprint density at radius 2 is 1.49 bits per heavy atom. The van der Waals surface area contributed by atoms with E-state index in [-0.39, 0.29) is 36.4 Å². The third kappa shape index (κ3) is 5.56. The van der Waals surface area contributed by atoms with Gasteiger partial charge in [0.2, 0.25) is 5.91 Å². The number of carbonyl (C=O) groups is 2. The Morgan fingerprint density at radius 1 is 0.865 bits per heavy atom. The summed E-state index contributed by atoms with van der Waals surface area (Å²) in [4.78, 5) is 31.2. The van der Waals surface area contributed by atoms with Crippen molar-refractivity contribution in [2.45, 2.75) is 65.3 Å². The highest BCUT2D eigenvalue weighted by molar-refractivity contribution is 6.01. The molecule has 1 unspecified atom stereocenters. The topological polar surface area (TPSA) is 52.7 Å². The highest BCUT2D eigenvalue weighted by Gasteiger charge is 2.39. The summed E-state index contributed by atoms with van der Waals surface area (Å²) in [5, 5.41) is 3.21. The van der Waals surface area contributed by atoms with Crippen molar-refractivity contribution in [3.05, 3.63) is 95.1 Å². The van der Waals surface area contributed by atoms with Crippen molar-refractivity contribution in [1.29, 1.82) is 0 Å². The van der Waals surface area contributed by atoms with Crippen LogP contribution in [0.1, 0.15) is 87.6 Å². The molecule has 0 aliphatic carbocycles. The third-order valence-electron chi connectivity index (χ3n) is 7.11. The molecule has 3 aromatic carbocycles. The monoisotopic (exact) mass is 497 g/mol. The molecule has 1 aliphatic rings. The van der Waals surface area contributed by atoms with E-state index in [2.05, 4.69) is 64.2 Å². The quantitative estimate of drug-likeness (QED) is 0.329. The highest BCUT2D eigenvalue weighted by atomic mass is 16.2. The van der Waals surface area contributed by atoms with Crippen LogP contribution in [-0.2, 0) is 4.79 Å². The average molecular weight is 498 g/mol. The van der Waals surface area contributed by atoms with E-state index in [4.69, 9.17) is 0 Å². The van der Waals surface area contributed by atoms with Crippen LogP contribution in [0, 0.1) is 0 Å². The zero-order valence-corrected chi connectivity index (χ0v) is 22.7. The van der Waals surface area contributed by atoms with Crippen molar-refractivity contribution in [3.63, 3.8) is 0 Å². The summed E-state index contributed by atoms with van der Waals surface area (Å²) < 4.78 is 0. The molecule has 5 heteroatoms. The molecule has 0 saturated heterocycles. The fourth-order valence-corrected chi connectivity index (χ4v) is 5.22. The van der Waals surface area contributed by atoms with Gasteiger partial charge in [-0.15, -0.1) is 0 Å². The van der Waals surface area contributed by atoms with Gasteiger partial charge in [-0.25, -0.2) is 4.79 Å². The van der Waals surface area contributed by atoms with Crippen molar-refractivity contribution in [2.24, 2.45) is 0 Å². The molecule has 0 radical (unpaired) electrons. The Morgan fingerprint density at radius 3 is 2.11 bits per heavy atom. The predicted octanol–water partition coefficient (Wildman–Crippen LogP) is 7.70. The predicted molar refractivity (Wildman–Crippen MR) is 152 cm³/mol. The number of nitrogens with one attached hydrogen (secondary N) is 1. The van der Waals surface area contributed by atoms with E-state index in [9.17, 15) is 9.59 Å². The Bertz CT molecular complexity index is 1210. The molecule has 0 fully saturated rings. The maximum Gasteiger partial charge on any atom is 0.325 e. The number of urea groups is 1. The molecular weight excluding hydrogens is 458 g/mol. The Balaban J connectivity index is 1.73. The van der Waals surface area contributed by atoms with Crippen molar-refractivity contribution in [3.8, 4) is 0 Å². The summed E-state index contributed by atoms with van der Waals surface area (Å²) in [6.45, 7) is 11.3. The van der Waals surface area contributed by atoms with E-state index in [1.807, 2.05) is 53.4 Å². The third-order valence-corrected chi connectivity index (χ3v) is 7.11. The smallest absolute Gasteiger partial charge is 0.324 e. The second-order valence-corrected chi connectivity index (χ2v) is 10.5. The maximum absolute atomic E-state index is 14.0. The lowest BCUT2D eigenvalue weighted by Crippen LogP contribution is -2.52. The van der Waals surface area contributed by atoms with Crippen LogP contribution in [0.25, 0.3) is 0 Å². The van der Waals surface area contributed by atoms with Gasteiger partial charge in [0.1, 0.15) is 6.54 Å².